The Morgan fingerprint density at radius 2 is 1.84 bits per heavy atom. The number of benzene rings is 2. The normalized spacial score (nSPS) is 10.8. The van der Waals surface area contributed by atoms with Gasteiger partial charge in [0, 0.05) is 17.3 Å². The molecule has 0 saturated heterocycles. The summed E-state index contributed by atoms with van der Waals surface area (Å²) in [7, 11) is 0. The smallest absolute Gasteiger partial charge is 0.338 e. The fraction of sp³-hybridized carbons (Fsp3) is 0.167. The molecule has 0 unspecified atom stereocenters. The molecule has 2 heterocycles. The Morgan fingerprint density at radius 3 is 2.56 bits per heavy atom. The molecule has 0 aliphatic rings. The van der Waals surface area contributed by atoms with Gasteiger partial charge in [0.15, 0.2) is 4.96 Å². The maximum atomic E-state index is 13.1. The first-order valence-electron chi connectivity index (χ1n) is 10.2. The standard InChI is InChI=1S/C24H21N3O4S/c1-2-3-13-31-23(30)17-9-11-18(12-10-17)26-21(28)19-14-25-24-27(22(19)29)20(15-32-24)16-7-5-4-6-8-16/h4-12,14-15H,2-3,13H2,1H3,(H,26,28). The van der Waals surface area contributed by atoms with Crippen LogP contribution in [0.15, 0.2) is 71.0 Å². The van der Waals surface area contributed by atoms with Crippen LogP contribution in [0.25, 0.3) is 16.2 Å². The van der Waals surface area contributed by atoms with Gasteiger partial charge >= 0.3 is 5.97 Å². The Labute approximate surface area is 188 Å². The van der Waals surface area contributed by atoms with E-state index in [9.17, 15) is 14.4 Å². The second kappa shape index (κ2) is 9.57. The van der Waals surface area contributed by atoms with Crippen LogP contribution in [0.1, 0.15) is 40.5 Å². The Balaban J connectivity index is 1.55. The van der Waals surface area contributed by atoms with E-state index in [1.165, 1.54) is 21.9 Å². The summed E-state index contributed by atoms with van der Waals surface area (Å²) in [6, 6.07) is 15.8. The molecule has 2 aromatic carbocycles. The van der Waals surface area contributed by atoms with Gasteiger partial charge in [0.25, 0.3) is 11.5 Å². The van der Waals surface area contributed by atoms with Crippen molar-refractivity contribution in [2.45, 2.75) is 19.8 Å². The highest BCUT2D eigenvalue weighted by Crippen LogP contribution is 2.23. The highest BCUT2D eigenvalue weighted by molar-refractivity contribution is 7.15. The van der Waals surface area contributed by atoms with Crippen LogP contribution >= 0.6 is 11.3 Å². The Morgan fingerprint density at radius 1 is 1.09 bits per heavy atom. The monoisotopic (exact) mass is 447 g/mol. The lowest BCUT2D eigenvalue weighted by molar-refractivity contribution is 0.0499. The van der Waals surface area contributed by atoms with E-state index in [-0.39, 0.29) is 5.56 Å². The van der Waals surface area contributed by atoms with Crippen molar-refractivity contribution in [1.29, 1.82) is 0 Å². The first kappa shape index (κ1) is 21.5. The topological polar surface area (TPSA) is 89.8 Å². The number of nitrogens with zero attached hydrogens (tertiary/aromatic N) is 2. The molecule has 0 fully saturated rings. The van der Waals surface area contributed by atoms with Gasteiger partial charge in [-0.15, -0.1) is 11.3 Å². The summed E-state index contributed by atoms with van der Waals surface area (Å²) < 4.78 is 6.63. The van der Waals surface area contributed by atoms with E-state index in [4.69, 9.17) is 4.74 Å². The van der Waals surface area contributed by atoms with E-state index in [1.807, 2.05) is 42.6 Å². The lowest BCUT2D eigenvalue weighted by atomic mass is 10.2. The van der Waals surface area contributed by atoms with Gasteiger partial charge in [0.1, 0.15) is 5.56 Å². The predicted molar refractivity (Wildman–Crippen MR) is 124 cm³/mol. The van der Waals surface area contributed by atoms with Crippen molar-refractivity contribution in [3.8, 4) is 11.3 Å². The first-order chi connectivity index (χ1) is 15.6. The van der Waals surface area contributed by atoms with Crippen molar-refractivity contribution >= 4 is 33.9 Å². The number of ether oxygens (including phenoxy) is 1. The molecular formula is C24H21N3O4S. The van der Waals surface area contributed by atoms with E-state index in [0.717, 1.165) is 18.4 Å². The van der Waals surface area contributed by atoms with Gasteiger partial charge < -0.3 is 10.1 Å². The van der Waals surface area contributed by atoms with Gasteiger partial charge in [-0.25, -0.2) is 9.78 Å². The highest BCUT2D eigenvalue weighted by atomic mass is 32.1. The molecule has 1 amide bonds. The second-order valence-electron chi connectivity index (χ2n) is 7.10. The molecule has 0 aliphatic carbocycles. The Kier molecular flexibility index (Phi) is 6.42. The van der Waals surface area contributed by atoms with E-state index in [1.54, 1.807) is 24.3 Å². The molecule has 4 aromatic rings. The van der Waals surface area contributed by atoms with Gasteiger partial charge in [-0.2, -0.15) is 0 Å². The van der Waals surface area contributed by atoms with Crippen LogP contribution in [0.3, 0.4) is 0 Å². The minimum absolute atomic E-state index is 0.0684. The van der Waals surface area contributed by atoms with Crippen molar-refractivity contribution in [2.24, 2.45) is 0 Å². The molecular weight excluding hydrogens is 426 g/mol. The first-order valence-corrected chi connectivity index (χ1v) is 11.1. The summed E-state index contributed by atoms with van der Waals surface area (Å²) in [4.78, 5) is 42.7. The van der Waals surface area contributed by atoms with Crippen LogP contribution < -0.4 is 10.9 Å². The SMILES string of the molecule is CCCCOC(=O)c1ccc(NC(=O)c2cnc3scc(-c4ccccc4)n3c2=O)cc1. The van der Waals surface area contributed by atoms with E-state index in [2.05, 4.69) is 10.3 Å². The average molecular weight is 448 g/mol. The summed E-state index contributed by atoms with van der Waals surface area (Å²) in [5.41, 5.74) is 1.89. The molecule has 0 spiro atoms. The van der Waals surface area contributed by atoms with Crippen molar-refractivity contribution in [1.82, 2.24) is 9.38 Å². The summed E-state index contributed by atoms with van der Waals surface area (Å²) in [6.45, 7) is 2.39. The molecule has 1 N–H and O–H groups in total. The maximum Gasteiger partial charge on any atom is 0.338 e. The van der Waals surface area contributed by atoms with E-state index in [0.29, 0.717) is 28.5 Å². The third-order valence-corrected chi connectivity index (χ3v) is 5.71. The van der Waals surface area contributed by atoms with Crippen LogP contribution in [0, 0.1) is 0 Å². The summed E-state index contributed by atoms with van der Waals surface area (Å²) in [5, 5.41) is 4.54. The molecule has 0 aliphatic heterocycles. The summed E-state index contributed by atoms with van der Waals surface area (Å²) >= 11 is 1.33. The number of unbranched alkanes of at least 4 members (excludes halogenated alkanes) is 1. The molecule has 0 atom stereocenters. The lowest BCUT2D eigenvalue weighted by Crippen LogP contribution is -2.26. The number of hydrogen-bond acceptors (Lipinski definition) is 6. The number of hydrogen-bond donors (Lipinski definition) is 1. The summed E-state index contributed by atoms with van der Waals surface area (Å²) in [6.07, 6.45) is 3.04. The lowest BCUT2D eigenvalue weighted by Gasteiger charge is -2.08. The number of carbonyl (C=O) groups excluding carboxylic acids is 2. The molecule has 162 valence electrons. The van der Waals surface area contributed by atoms with Gasteiger partial charge in [-0.05, 0) is 36.2 Å². The van der Waals surface area contributed by atoms with Crippen LogP contribution in [-0.4, -0.2) is 27.9 Å². The minimum atomic E-state index is -0.569. The zero-order chi connectivity index (χ0) is 22.5. The van der Waals surface area contributed by atoms with Crippen LogP contribution in [-0.2, 0) is 4.74 Å². The van der Waals surface area contributed by atoms with Crippen molar-refractivity contribution in [2.75, 3.05) is 11.9 Å². The Bertz CT molecular complexity index is 1310. The molecule has 0 radical (unpaired) electrons. The molecule has 0 bridgehead atoms. The van der Waals surface area contributed by atoms with Crippen molar-refractivity contribution in [3.63, 3.8) is 0 Å². The molecule has 7 nitrogen and oxygen atoms in total. The number of amides is 1. The van der Waals surface area contributed by atoms with Crippen molar-refractivity contribution in [3.05, 3.63) is 87.7 Å². The number of esters is 1. The maximum absolute atomic E-state index is 13.1. The average Bonchev–Trinajstić information content (AvgIpc) is 3.25. The quantitative estimate of drug-likeness (QED) is 0.329. The van der Waals surface area contributed by atoms with E-state index >= 15 is 0 Å². The highest BCUT2D eigenvalue weighted by Gasteiger charge is 2.17. The molecule has 8 heteroatoms. The fourth-order valence-corrected chi connectivity index (χ4v) is 4.00. The number of nitrogens with one attached hydrogen (secondary N) is 1. The molecule has 4 rings (SSSR count). The number of carbonyl (C=O) groups is 2. The number of thiazole rings is 1. The van der Waals surface area contributed by atoms with Crippen LogP contribution in [0.4, 0.5) is 5.69 Å². The van der Waals surface area contributed by atoms with E-state index < -0.39 is 17.4 Å². The molecule has 0 saturated carbocycles. The largest absolute Gasteiger partial charge is 0.462 e. The second-order valence-corrected chi connectivity index (χ2v) is 7.94. The third kappa shape index (κ3) is 4.45. The van der Waals surface area contributed by atoms with Gasteiger partial charge in [-0.3, -0.25) is 14.0 Å². The zero-order valence-electron chi connectivity index (χ0n) is 17.4. The fourth-order valence-electron chi connectivity index (χ4n) is 3.14. The third-order valence-electron chi connectivity index (χ3n) is 4.87. The Hall–Kier alpha value is -3.78. The number of aromatic nitrogens is 2. The molecule has 32 heavy (non-hydrogen) atoms. The predicted octanol–water partition coefficient (Wildman–Crippen LogP) is 4.63. The van der Waals surface area contributed by atoms with Gasteiger partial charge in [0.05, 0.1) is 17.9 Å². The van der Waals surface area contributed by atoms with Crippen LogP contribution in [0.2, 0.25) is 0 Å². The molecule has 2 aromatic heterocycles. The van der Waals surface area contributed by atoms with Gasteiger partial charge in [0.2, 0.25) is 0 Å². The number of fused-ring (bicyclic) bond motifs is 1. The minimum Gasteiger partial charge on any atom is -0.462 e. The van der Waals surface area contributed by atoms with Gasteiger partial charge in [-0.1, -0.05) is 43.7 Å². The number of rotatable bonds is 7. The number of anilines is 1. The zero-order valence-corrected chi connectivity index (χ0v) is 18.2. The van der Waals surface area contributed by atoms with Crippen molar-refractivity contribution < 1.29 is 14.3 Å². The van der Waals surface area contributed by atoms with Crippen LogP contribution in [0.5, 0.6) is 0 Å². The summed E-state index contributed by atoms with van der Waals surface area (Å²) in [5.74, 6) is -0.976.